The molecule has 0 aromatic heterocycles. The number of aryl methyl sites for hydroxylation is 2. The molecule has 1 fully saturated rings. The molecule has 5 heteroatoms. The van der Waals surface area contributed by atoms with Crippen LogP contribution >= 0.6 is 0 Å². The second-order valence-corrected chi connectivity index (χ2v) is 6.92. The lowest BCUT2D eigenvalue weighted by molar-refractivity contribution is -0.117. The van der Waals surface area contributed by atoms with E-state index in [9.17, 15) is 4.79 Å². The van der Waals surface area contributed by atoms with Crippen LogP contribution in [0, 0.1) is 6.92 Å². The number of piperazine rings is 1. The molecule has 0 unspecified atom stereocenters. The minimum absolute atomic E-state index is 0.0117. The Morgan fingerprint density at radius 2 is 1.88 bits per heavy atom. The Labute approximate surface area is 155 Å². The second kappa shape index (κ2) is 8.23. The van der Waals surface area contributed by atoms with Gasteiger partial charge in [0.15, 0.2) is 0 Å². The smallest absolute Gasteiger partial charge is 0.238 e. The van der Waals surface area contributed by atoms with Crippen molar-refractivity contribution in [2.45, 2.75) is 20.3 Å². The van der Waals surface area contributed by atoms with E-state index in [0.29, 0.717) is 6.54 Å². The minimum Gasteiger partial charge on any atom is -0.398 e. The molecule has 0 saturated carbocycles. The summed E-state index contributed by atoms with van der Waals surface area (Å²) < 4.78 is 0. The van der Waals surface area contributed by atoms with Crippen LogP contribution in [0.4, 0.5) is 17.1 Å². The average molecular weight is 352 g/mol. The number of rotatable bonds is 5. The summed E-state index contributed by atoms with van der Waals surface area (Å²) in [6.45, 7) is 8.25. The molecule has 2 aromatic rings. The maximum atomic E-state index is 12.3. The van der Waals surface area contributed by atoms with Gasteiger partial charge >= 0.3 is 0 Å². The SMILES string of the molecule is CCc1ccc(NC(=O)CN2CCN(c3cccc(C)c3)CC2)cc1N. The summed E-state index contributed by atoms with van der Waals surface area (Å²) >= 11 is 0. The topological polar surface area (TPSA) is 61.6 Å². The molecule has 1 aliphatic rings. The van der Waals surface area contributed by atoms with E-state index >= 15 is 0 Å². The Morgan fingerprint density at radius 1 is 1.12 bits per heavy atom. The fourth-order valence-corrected chi connectivity index (χ4v) is 3.39. The van der Waals surface area contributed by atoms with Gasteiger partial charge in [0.05, 0.1) is 6.54 Å². The summed E-state index contributed by atoms with van der Waals surface area (Å²) in [5.74, 6) is 0.0117. The lowest BCUT2D eigenvalue weighted by Crippen LogP contribution is -2.48. The zero-order valence-electron chi connectivity index (χ0n) is 15.7. The number of benzene rings is 2. The van der Waals surface area contributed by atoms with Crippen LogP contribution < -0.4 is 16.0 Å². The summed E-state index contributed by atoms with van der Waals surface area (Å²) in [6.07, 6.45) is 0.894. The van der Waals surface area contributed by atoms with E-state index in [1.165, 1.54) is 11.3 Å². The molecule has 138 valence electrons. The highest BCUT2D eigenvalue weighted by Gasteiger charge is 2.19. The number of nitrogen functional groups attached to an aromatic ring is 1. The van der Waals surface area contributed by atoms with E-state index in [1.54, 1.807) is 0 Å². The standard InChI is InChI=1S/C21H28N4O/c1-3-17-7-8-18(14-20(17)22)23-21(26)15-24-9-11-25(12-10-24)19-6-4-5-16(2)13-19/h4-8,13-14H,3,9-12,15,22H2,1-2H3,(H,23,26). The fraction of sp³-hybridized carbons (Fsp3) is 0.381. The highest BCUT2D eigenvalue weighted by atomic mass is 16.2. The van der Waals surface area contributed by atoms with Gasteiger partial charge in [-0.15, -0.1) is 0 Å². The van der Waals surface area contributed by atoms with Crippen LogP contribution in [0.25, 0.3) is 0 Å². The summed E-state index contributed by atoms with van der Waals surface area (Å²) in [5, 5.41) is 2.96. The third-order valence-electron chi connectivity index (χ3n) is 4.92. The molecule has 1 heterocycles. The third-order valence-corrected chi connectivity index (χ3v) is 4.92. The molecule has 3 rings (SSSR count). The van der Waals surface area contributed by atoms with Crippen molar-refractivity contribution in [3.8, 4) is 0 Å². The van der Waals surface area contributed by atoms with Crippen molar-refractivity contribution < 1.29 is 4.79 Å². The fourth-order valence-electron chi connectivity index (χ4n) is 3.39. The highest BCUT2D eigenvalue weighted by molar-refractivity contribution is 5.92. The van der Waals surface area contributed by atoms with E-state index in [0.717, 1.165) is 49.5 Å². The first-order valence-electron chi connectivity index (χ1n) is 9.27. The lowest BCUT2D eigenvalue weighted by Gasteiger charge is -2.35. The van der Waals surface area contributed by atoms with E-state index in [2.05, 4.69) is 53.2 Å². The first kappa shape index (κ1) is 18.3. The zero-order chi connectivity index (χ0) is 18.5. The van der Waals surface area contributed by atoms with Gasteiger partial charge in [-0.25, -0.2) is 0 Å². The zero-order valence-corrected chi connectivity index (χ0v) is 15.7. The predicted molar refractivity (Wildman–Crippen MR) is 109 cm³/mol. The van der Waals surface area contributed by atoms with Crippen LogP contribution in [0.1, 0.15) is 18.1 Å². The molecule has 26 heavy (non-hydrogen) atoms. The maximum absolute atomic E-state index is 12.3. The number of hydrogen-bond donors (Lipinski definition) is 2. The Morgan fingerprint density at radius 3 is 2.54 bits per heavy atom. The van der Waals surface area contributed by atoms with Crippen molar-refractivity contribution in [3.63, 3.8) is 0 Å². The Bertz CT molecular complexity index is 766. The molecule has 0 spiro atoms. The van der Waals surface area contributed by atoms with Crippen molar-refractivity contribution in [1.82, 2.24) is 4.90 Å². The van der Waals surface area contributed by atoms with Crippen molar-refractivity contribution in [2.24, 2.45) is 0 Å². The summed E-state index contributed by atoms with van der Waals surface area (Å²) in [4.78, 5) is 16.9. The summed E-state index contributed by atoms with van der Waals surface area (Å²) in [7, 11) is 0. The molecule has 1 aliphatic heterocycles. The number of nitrogens with one attached hydrogen (secondary N) is 1. The van der Waals surface area contributed by atoms with E-state index in [4.69, 9.17) is 5.73 Å². The second-order valence-electron chi connectivity index (χ2n) is 6.92. The molecule has 2 aromatic carbocycles. The van der Waals surface area contributed by atoms with Crippen molar-refractivity contribution in [1.29, 1.82) is 0 Å². The number of amides is 1. The number of carbonyl (C=O) groups excluding carboxylic acids is 1. The number of carbonyl (C=O) groups is 1. The van der Waals surface area contributed by atoms with Crippen LogP contribution in [-0.2, 0) is 11.2 Å². The molecule has 0 atom stereocenters. The van der Waals surface area contributed by atoms with Crippen molar-refractivity contribution in [3.05, 3.63) is 53.6 Å². The summed E-state index contributed by atoms with van der Waals surface area (Å²) in [6, 6.07) is 14.3. The van der Waals surface area contributed by atoms with Gasteiger partial charge in [0.25, 0.3) is 0 Å². The minimum atomic E-state index is 0.0117. The lowest BCUT2D eigenvalue weighted by atomic mass is 10.1. The van der Waals surface area contributed by atoms with Crippen LogP contribution in [-0.4, -0.2) is 43.5 Å². The van der Waals surface area contributed by atoms with Crippen LogP contribution in [0.2, 0.25) is 0 Å². The van der Waals surface area contributed by atoms with Crippen molar-refractivity contribution >= 4 is 23.0 Å². The van der Waals surface area contributed by atoms with Gasteiger partial charge in [-0.2, -0.15) is 0 Å². The molecule has 0 radical (unpaired) electrons. The quantitative estimate of drug-likeness (QED) is 0.812. The Hall–Kier alpha value is -2.53. The number of nitrogens with zero attached hydrogens (tertiary/aromatic N) is 2. The number of anilines is 3. The monoisotopic (exact) mass is 352 g/mol. The van der Waals surface area contributed by atoms with Gasteiger partial charge in [-0.05, 0) is 48.7 Å². The van der Waals surface area contributed by atoms with Gasteiger partial charge in [0.2, 0.25) is 5.91 Å². The molecular weight excluding hydrogens is 324 g/mol. The number of hydrogen-bond acceptors (Lipinski definition) is 4. The molecular formula is C21H28N4O. The molecule has 0 bridgehead atoms. The molecule has 1 saturated heterocycles. The predicted octanol–water partition coefficient (Wildman–Crippen LogP) is 2.90. The maximum Gasteiger partial charge on any atom is 0.238 e. The normalized spacial score (nSPS) is 15.1. The molecule has 0 aliphatic carbocycles. The molecule has 1 amide bonds. The van der Waals surface area contributed by atoms with Gasteiger partial charge in [0.1, 0.15) is 0 Å². The first-order valence-corrected chi connectivity index (χ1v) is 9.27. The van der Waals surface area contributed by atoms with Gasteiger partial charge in [-0.1, -0.05) is 25.1 Å². The number of nitrogens with two attached hydrogens (primary N) is 1. The van der Waals surface area contributed by atoms with E-state index in [1.807, 2.05) is 18.2 Å². The summed E-state index contributed by atoms with van der Waals surface area (Å²) in [5.41, 5.74) is 11.2. The van der Waals surface area contributed by atoms with Crippen LogP contribution in [0.5, 0.6) is 0 Å². The Kier molecular flexibility index (Phi) is 5.78. The average Bonchev–Trinajstić information content (AvgIpc) is 2.62. The third kappa shape index (κ3) is 4.55. The Balaban J connectivity index is 1.49. The van der Waals surface area contributed by atoms with Gasteiger partial charge < -0.3 is 16.0 Å². The van der Waals surface area contributed by atoms with Gasteiger partial charge in [0, 0.05) is 43.2 Å². The van der Waals surface area contributed by atoms with E-state index in [-0.39, 0.29) is 5.91 Å². The molecule has 3 N–H and O–H groups in total. The van der Waals surface area contributed by atoms with Crippen LogP contribution in [0.15, 0.2) is 42.5 Å². The molecule has 5 nitrogen and oxygen atoms in total. The highest BCUT2D eigenvalue weighted by Crippen LogP contribution is 2.19. The van der Waals surface area contributed by atoms with Crippen LogP contribution in [0.3, 0.4) is 0 Å². The van der Waals surface area contributed by atoms with Gasteiger partial charge in [-0.3, -0.25) is 9.69 Å². The largest absolute Gasteiger partial charge is 0.398 e. The van der Waals surface area contributed by atoms with E-state index < -0.39 is 0 Å². The first-order chi connectivity index (χ1) is 12.5. The van der Waals surface area contributed by atoms with Crippen molar-refractivity contribution in [2.75, 3.05) is 48.7 Å².